The number of aryl methyl sites for hydroxylation is 1. The van der Waals surface area contributed by atoms with Crippen LogP contribution in [0.25, 0.3) is 11.0 Å². The number of hydrogen-bond donors (Lipinski definition) is 0. The average molecular weight is 519 g/mol. The second-order valence-corrected chi connectivity index (χ2v) is 11.5. The normalized spacial score (nSPS) is 25.7. The zero-order valence-corrected chi connectivity index (χ0v) is 23.3. The van der Waals surface area contributed by atoms with Crippen LogP contribution >= 0.6 is 0 Å². The lowest BCUT2D eigenvalue weighted by molar-refractivity contribution is -0.0390. The molecule has 204 valence electrons. The van der Waals surface area contributed by atoms with Gasteiger partial charge < -0.3 is 14.2 Å². The second-order valence-electron chi connectivity index (χ2n) is 11.5. The largest absolute Gasteiger partial charge is 0.364 e. The minimum absolute atomic E-state index is 0.0112. The number of fused-ring (bicyclic) bond motifs is 1. The van der Waals surface area contributed by atoms with Crippen molar-refractivity contribution in [2.75, 3.05) is 24.6 Å². The maximum atomic E-state index is 13.1. The molecule has 6 rings (SSSR count). The third-order valence-corrected chi connectivity index (χ3v) is 9.13. The van der Waals surface area contributed by atoms with Crippen LogP contribution in [0.1, 0.15) is 95.2 Å². The van der Waals surface area contributed by atoms with E-state index < -0.39 is 0 Å². The van der Waals surface area contributed by atoms with Crippen molar-refractivity contribution in [3.8, 4) is 0 Å². The number of rotatable bonds is 7. The summed E-state index contributed by atoms with van der Waals surface area (Å²) in [6.07, 6.45) is 11.9. The highest BCUT2D eigenvalue weighted by atomic mass is 16.5. The maximum absolute atomic E-state index is 13.1. The van der Waals surface area contributed by atoms with Gasteiger partial charge in [0, 0.05) is 68.7 Å². The summed E-state index contributed by atoms with van der Waals surface area (Å²) in [6.45, 7) is 9.44. The minimum Gasteiger partial charge on any atom is -0.364 e. The molecule has 0 bridgehead atoms. The van der Waals surface area contributed by atoms with Crippen molar-refractivity contribution < 1.29 is 4.74 Å². The second kappa shape index (κ2) is 10.5. The summed E-state index contributed by atoms with van der Waals surface area (Å²) in [6, 6.07) is 7.29. The fraction of sp³-hybridized carbons (Fsp3) is 0.633. The van der Waals surface area contributed by atoms with Crippen molar-refractivity contribution in [3.05, 3.63) is 52.2 Å². The molecule has 0 N–H and O–H groups in total. The highest BCUT2D eigenvalue weighted by Gasteiger charge is 2.37. The number of nitrogens with zero attached hydrogens (tertiary/aromatic N) is 6. The molecule has 3 aromatic heterocycles. The Morgan fingerprint density at radius 2 is 1.89 bits per heavy atom. The fourth-order valence-corrected chi connectivity index (χ4v) is 6.44. The molecule has 3 fully saturated rings. The van der Waals surface area contributed by atoms with Crippen LogP contribution in [0.5, 0.6) is 0 Å². The van der Waals surface area contributed by atoms with Gasteiger partial charge in [0.05, 0.1) is 17.4 Å². The number of hydrogen-bond acceptors (Lipinski definition) is 6. The quantitative estimate of drug-likeness (QED) is 0.431. The van der Waals surface area contributed by atoms with Gasteiger partial charge >= 0.3 is 0 Å². The van der Waals surface area contributed by atoms with Gasteiger partial charge in [-0.1, -0.05) is 19.9 Å². The predicted octanol–water partition coefficient (Wildman–Crippen LogP) is 5.15. The third kappa shape index (κ3) is 4.66. The van der Waals surface area contributed by atoms with Crippen LogP contribution in [0.4, 0.5) is 5.69 Å². The first kappa shape index (κ1) is 25.6. The van der Waals surface area contributed by atoms with Crippen molar-refractivity contribution in [2.45, 2.75) is 96.0 Å². The minimum atomic E-state index is -0.0536. The molecule has 2 saturated heterocycles. The van der Waals surface area contributed by atoms with Crippen LogP contribution in [0.15, 0.2) is 35.4 Å². The van der Waals surface area contributed by atoms with Crippen molar-refractivity contribution in [1.82, 2.24) is 24.2 Å². The van der Waals surface area contributed by atoms with E-state index in [0.29, 0.717) is 24.0 Å². The van der Waals surface area contributed by atoms with Gasteiger partial charge in [-0.25, -0.2) is 4.68 Å². The van der Waals surface area contributed by atoms with Crippen molar-refractivity contribution in [1.29, 1.82) is 0 Å². The summed E-state index contributed by atoms with van der Waals surface area (Å²) in [5.74, 6) is 0.680. The first-order valence-corrected chi connectivity index (χ1v) is 14.7. The van der Waals surface area contributed by atoms with E-state index in [-0.39, 0.29) is 11.8 Å². The van der Waals surface area contributed by atoms with E-state index in [9.17, 15) is 4.79 Å². The molecule has 0 spiro atoms. The standard InChI is InChI=1S/C30H42N6O2/c1-5-23-18-35(24(6-2)17-34(23)20(3)22-12-13-25(31-16-22)21-10-11-21)26-15-28(37)33(4)27-19-36(32-30(26)27)29-9-7-8-14-38-29/h12-13,15-16,19-21,23-24,29H,5-11,14,17-18H2,1-4H3/t20?,23-,24+,29?/m1/s1. The number of pyridine rings is 2. The van der Waals surface area contributed by atoms with Crippen molar-refractivity contribution >= 4 is 16.7 Å². The summed E-state index contributed by atoms with van der Waals surface area (Å²) in [5.41, 5.74) is 5.29. The fourth-order valence-electron chi connectivity index (χ4n) is 6.44. The predicted molar refractivity (Wildman–Crippen MR) is 151 cm³/mol. The van der Waals surface area contributed by atoms with Gasteiger partial charge in [0.25, 0.3) is 5.56 Å². The lowest BCUT2D eigenvalue weighted by Gasteiger charge is -2.49. The highest BCUT2D eigenvalue weighted by molar-refractivity contribution is 5.88. The van der Waals surface area contributed by atoms with Crippen LogP contribution < -0.4 is 10.5 Å². The van der Waals surface area contributed by atoms with Crippen molar-refractivity contribution in [3.63, 3.8) is 0 Å². The molecule has 0 aromatic carbocycles. The van der Waals surface area contributed by atoms with E-state index in [4.69, 9.17) is 14.8 Å². The lowest BCUT2D eigenvalue weighted by Crippen LogP contribution is -2.58. The molecule has 2 aliphatic heterocycles. The van der Waals surface area contributed by atoms with E-state index in [1.54, 1.807) is 10.6 Å². The molecule has 3 aromatic rings. The monoisotopic (exact) mass is 518 g/mol. The number of anilines is 1. The first-order chi connectivity index (χ1) is 18.5. The zero-order chi connectivity index (χ0) is 26.4. The van der Waals surface area contributed by atoms with Gasteiger partial charge in [-0.05, 0) is 63.5 Å². The van der Waals surface area contributed by atoms with E-state index in [1.807, 2.05) is 17.9 Å². The van der Waals surface area contributed by atoms with Gasteiger partial charge in [0.1, 0.15) is 11.7 Å². The number of ether oxygens (including phenoxy) is 1. The summed E-state index contributed by atoms with van der Waals surface area (Å²) in [7, 11) is 1.84. The molecular formula is C30H42N6O2. The van der Waals surface area contributed by atoms with Gasteiger partial charge in [-0.3, -0.25) is 14.7 Å². The molecule has 0 radical (unpaired) electrons. The molecule has 1 saturated carbocycles. The van der Waals surface area contributed by atoms with Gasteiger partial charge in [0.15, 0.2) is 0 Å². The average Bonchev–Trinajstić information content (AvgIpc) is 3.72. The Labute approximate surface area is 225 Å². The first-order valence-electron chi connectivity index (χ1n) is 14.7. The number of piperazine rings is 1. The van der Waals surface area contributed by atoms with E-state index in [1.165, 1.54) is 24.1 Å². The third-order valence-electron chi connectivity index (χ3n) is 9.13. The lowest BCUT2D eigenvalue weighted by atomic mass is 9.97. The highest BCUT2D eigenvalue weighted by Crippen LogP contribution is 2.40. The molecule has 5 heterocycles. The Hall–Kier alpha value is -2.71. The zero-order valence-electron chi connectivity index (χ0n) is 23.3. The van der Waals surface area contributed by atoms with Crippen LogP contribution in [-0.4, -0.2) is 56.0 Å². The molecule has 1 aliphatic carbocycles. The Balaban J connectivity index is 1.31. The molecule has 0 amide bonds. The summed E-state index contributed by atoms with van der Waals surface area (Å²) < 4.78 is 9.69. The number of aromatic nitrogens is 4. The van der Waals surface area contributed by atoms with Gasteiger partial charge in [-0.2, -0.15) is 5.10 Å². The SMILES string of the molecule is CC[C@H]1CN(C(C)c2ccc(C3CC3)nc2)[C@H](CC)CN1c1cc(=O)n(C)c2cn(C3CCCCO3)nc12. The van der Waals surface area contributed by atoms with Crippen LogP contribution in [0, 0.1) is 0 Å². The van der Waals surface area contributed by atoms with E-state index >= 15 is 0 Å². The van der Waals surface area contributed by atoms with Crippen LogP contribution in [-0.2, 0) is 11.8 Å². The molecule has 38 heavy (non-hydrogen) atoms. The Morgan fingerprint density at radius 1 is 1.08 bits per heavy atom. The van der Waals surface area contributed by atoms with E-state index in [0.717, 1.165) is 68.5 Å². The molecule has 8 nitrogen and oxygen atoms in total. The Bertz CT molecular complexity index is 1320. The smallest absolute Gasteiger partial charge is 0.252 e. The van der Waals surface area contributed by atoms with E-state index in [2.05, 4.69) is 48.9 Å². The summed E-state index contributed by atoms with van der Waals surface area (Å²) in [4.78, 5) is 23.0. The molecule has 8 heteroatoms. The summed E-state index contributed by atoms with van der Waals surface area (Å²) >= 11 is 0. The Kier molecular flexibility index (Phi) is 7.03. The topological polar surface area (TPSA) is 68.4 Å². The van der Waals surface area contributed by atoms with Gasteiger partial charge in [0.2, 0.25) is 0 Å². The summed E-state index contributed by atoms with van der Waals surface area (Å²) in [5, 5.41) is 5.03. The van der Waals surface area contributed by atoms with Crippen molar-refractivity contribution in [2.24, 2.45) is 7.05 Å². The molecular weight excluding hydrogens is 476 g/mol. The molecule has 4 atom stereocenters. The molecule has 3 aliphatic rings. The maximum Gasteiger partial charge on any atom is 0.252 e. The van der Waals surface area contributed by atoms with Gasteiger partial charge in [-0.15, -0.1) is 0 Å². The molecule has 2 unspecified atom stereocenters. The Morgan fingerprint density at radius 3 is 2.55 bits per heavy atom. The van der Waals surface area contributed by atoms with Crippen LogP contribution in [0.2, 0.25) is 0 Å². The van der Waals surface area contributed by atoms with Crippen LogP contribution in [0.3, 0.4) is 0 Å².